The number of anilines is 1. The molecule has 0 spiro atoms. The number of halogens is 3. The molecule has 0 aliphatic carbocycles. The van der Waals surface area contributed by atoms with Crippen LogP contribution in [0.1, 0.15) is 0 Å². The minimum atomic E-state index is -3.08. The zero-order valence-corrected chi connectivity index (χ0v) is 13.8. The Balaban J connectivity index is 2.39. The van der Waals surface area contributed by atoms with Crippen LogP contribution in [0, 0.1) is 0 Å². The number of benzene rings is 1. The minimum absolute atomic E-state index is 0.000441. The number of amides is 1. The average Bonchev–Trinajstić information content (AvgIpc) is 2.86. The summed E-state index contributed by atoms with van der Waals surface area (Å²) in [5.41, 5.74) is -0.158. The van der Waals surface area contributed by atoms with E-state index in [1.165, 1.54) is 23.1 Å². The lowest BCUT2D eigenvalue weighted by molar-refractivity contribution is -0.136. The maximum atomic E-state index is 12.5. The molecular weight excluding hydrogens is 362 g/mol. The number of ether oxygens (including phenoxy) is 2. The van der Waals surface area contributed by atoms with Crippen molar-refractivity contribution < 1.29 is 33.0 Å². The van der Waals surface area contributed by atoms with Gasteiger partial charge in [0.1, 0.15) is 11.4 Å². The second-order valence-electron chi connectivity index (χ2n) is 4.94. The van der Waals surface area contributed by atoms with Gasteiger partial charge in [-0.3, -0.25) is 4.79 Å². The number of carbonyl (C=O) groups excluding carboxylic acids is 2. The third-order valence-electron chi connectivity index (χ3n) is 3.37. The highest BCUT2D eigenvalue weighted by Gasteiger charge is 2.35. The molecule has 0 unspecified atom stereocenters. The Hall–Kier alpha value is -2.39. The summed E-state index contributed by atoms with van der Waals surface area (Å²) < 4.78 is 34.1. The molecule has 1 aliphatic rings. The van der Waals surface area contributed by atoms with Gasteiger partial charge in [0, 0.05) is 11.6 Å². The number of methoxy groups -OCH3 is 1. The van der Waals surface area contributed by atoms with Crippen LogP contribution in [0.15, 0.2) is 29.5 Å². The number of carbonyl (C=O) groups is 2. The molecule has 1 aromatic carbocycles. The van der Waals surface area contributed by atoms with Crippen molar-refractivity contribution in [3.63, 3.8) is 0 Å². The Kier molecular flexibility index (Phi) is 6.16. The van der Waals surface area contributed by atoms with Crippen molar-refractivity contribution in [2.24, 2.45) is 0 Å². The normalized spacial score (nSPS) is 14.3. The van der Waals surface area contributed by atoms with Gasteiger partial charge in [0.05, 0.1) is 31.5 Å². The lowest BCUT2D eigenvalue weighted by atomic mass is 10.2. The molecule has 1 aromatic rings. The second kappa shape index (κ2) is 8.13. The smallest absolute Gasteiger partial charge is 0.387 e. The topological polar surface area (TPSA) is 88.1 Å². The van der Waals surface area contributed by atoms with Crippen LogP contribution in [-0.2, 0) is 14.3 Å². The number of hydrogen-bond donors (Lipinski definition) is 2. The van der Waals surface area contributed by atoms with Gasteiger partial charge in [0.2, 0.25) is 0 Å². The second-order valence-corrected chi connectivity index (χ2v) is 5.38. The van der Waals surface area contributed by atoms with E-state index >= 15 is 0 Å². The molecular formula is C15H15ClF2N2O5. The first-order valence-electron chi connectivity index (χ1n) is 7.10. The van der Waals surface area contributed by atoms with Crippen molar-refractivity contribution in [1.29, 1.82) is 0 Å². The predicted molar refractivity (Wildman–Crippen MR) is 84.4 cm³/mol. The van der Waals surface area contributed by atoms with E-state index in [1.807, 2.05) is 0 Å². The summed E-state index contributed by atoms with van der Waals surface area (Å²) in [6.45, 7) is -3.47. The van der Waals surface area contributed by atoms with Crippen molar-refractivity contribution in [3.8, 4) is 5.75 Å². The number of nitrogens with zero attached hydrogens (tertiary/aromatic N) is 1. The zero-order valence-electron chi connectivity index (χ0n) is 13.1. The molecule has 0 radical (unpaired) electrons. The molecule has 136 valence electrons. The maximum Gasteiger partial charge on any atom is 0.387 e. The van der Waals surface area contributed by atoms with Crippen LogP contribution in [-0.4, -0.2) is 55.3 Å². The van der Waals surface area contributed by atoms with Crippen LogP contribution in [0.2, 0.25) is 5.02 Å². The zero-order chi connectivity index (χ0) is 18.6. The van der Waals surface area contributed by atoms with Gasteiger partial charge < -0.3 is 24.8 Å². The first-order valence-corrected chi connectivity index (χ1v) is 7.48. The molecule has 1 heterocycles. The monoisotopic (exact) mass is 376 g/mol. The number of rotatable bonds is 7. The first kappa shape index (κ1) is 18.9. The first-order chi connectivity index (χ1) is 11.9. The predicted octanol–water partition coefficient (Wildman–Crippen LogP) is 1.61. The molecule has 0 saturated carbocycles. The average molecular weight is 377 g/mol. The Morgan fingerprint density at radius 2 is 2.20 bits per heavy atom. The summed E-state index contributed by atoms with van der Waals surface area (Å²) >= 11 is 5.86. The summed E-state index contributed by atoms with van der Waals surface area (Å²) in [6, 6.07) is 3.83. The van der Waals surface area contributed by atoms with Crippen molar-refractivity contribution in [1.82, 2.24) is 4.90 Å². The van der Waals surface area contributed by atoms with Crippen LogP contribution < -0.4 is 10.1 Å². The highest BCUT2D eigenvalue weighted by Crippen LogP contribution is 2.32. The molecule has 2 N–H and O–H groups in total. The molecule has 0 bridgehead atoms. The fourth-order valence-electron chi connectivity index (χ4n) is 2.28. The van der Waals surface area contributed by atoms with Crippen LogP contribution in [0.4, 0.5) is 14.5 Å². The van der Waals surface area contributed by atoms with Gasteiger partial charge in [-0.2, -0.15) is 8.78 Å². The van der Waals surface area contributed by atoms with Gasteiger partial charge in [0.15, 0.2) is 0 Å². The van der Waals surface area contributed by atoms with Crippen molar-refractivity contribution in [2.75, 3.05) is 32.1 Å². The van der Waals surface area contributed by atoms with E-state index in [-0.39, 0.29) is 47.4 Å². The molecule has 0 atom stereocenters. The fraction of sp³-hybridized carbons (Fsp3) is 0.333. The SMILES string of the molecule is COC(=O)C1=C(Nc2cc(Cl)ccc2OC(F)F)C(=O)N(CCO)C1. The van der Waals surface area contributed by atoms with Gasteiger partial charge in [0.25, 0.3) is 5.91 Å². The lowest BCUT2D eigenvalue weighted by Crippen LogP contribution is -2.31. The fourth-order valence-corrected chi connectivity index (χ4v) is 2.45. The number of esters is 1. The molecule has 7 nitrogen and oxygen atoms in total. The van der Waals surface area contributed by atoms with E-state index in [0.29, 0.717) is 0 Å². The number of hydrogen-bond acceptors (Lipinski definition) is 6. The van der Waals surface area contributed by atoms with Crippen LogP contribution in [0.25, 0.3) is 0 Å². The number of nitrogens with one attached hydrogen (secondary N) is 1. The third-order valence-corrected chi connectivity index (χ3v) is 3.61. The van der Waals surface area contributed by atoms with Crippen molar-refractivity contribution >= 4 is 29.2 Å². The molecule has 0 aromatic heterocycles. The van der Waals surface area contributed by atoms with Crippen molar-refractivity contribution in [2.45, 2.75) is 6.61 Å². The van der Waals surface area contributed by atoms with E-state index in [1.54, 1.807) is 0 Å². The van der Waals surface area contributed by atoms with E-state index in [0.717, 1.165) is 7.11 Å². The van der Waals surface area contributed by atoms with E-state index in [4.69, 9.17) is 16.7 Å². The number of β-amino-alcohol motifs (C(OH)–C–C–N with tert-alkyl or cyclic N) is 1. The summed E-state index contributed by atoms with van der Waals surface area (Å²) in [6.07, 6.45) is 0. The number of aliphatic hydroxyl groups is 1. The van der Waals surface area contributed by atoms with E-state index in [9.17, 15) is 18.4 Å². The number of aliphatic hydroxyl groups excluding tert-OH is 1. The molecule has 2 rings (SSSR count). The van der Waals surface area contributed by atoms with Gasteiger partial charge >= 0.3 is 12.6 Å². The maximum absolute atomic E-state index is 12.5. The standard InChI is InChI=1S/C15H15ClF2N2O5/c1-24-14(23)9-7-20(4-5-21)13(22)12(9)19-10-6-8(16)2-3-11(10)25-15(17)18/h2-3,6,15,19,21H,4-5,7H2,1H3. The van der Waals surface area contributed by atoms with E-state index < -0.39 is 18.5 Å². The van der Waals surface area contributed by atoms with Gasteiger partial charge in [-0.05, 0) is 18.2 Å². The highest BCUT2D eigenvalue weighted by atomic mass is 35.5. The van der Waals surface area contributed by atoms with Gasteiger partial charge in [-0.15, -0.1) is 0 Å². The minimum Gasteiger partial charge on any atom is -0.466 e. The third kappa shape index (κ3) is 4.37. The lowest BCUT2D eigenvalue weighted by Gasteiger charge is -2.16. The molecule has 10 heteroatoms. The summed E-state index contributed by atoms with van der Waals surface area (Å²) in [7, 11) is 1.15. The molecule has 0 fully saturated rings. The highest BCUT2D eigenvalue weighted by molar-refractivity contribution is 6.31. The Labute approximate surface area is 146 Å². The Bertz CT molecular complexity index is 711. The van der Waals surface area contributed by atoms with Gasteiger partial charge in [-0.25, -0.2) is 4.79 Å². The Morgan fingerprint density at radius 1 is 1.48 bits per heavy atom. The molecule has 1 aliphatic heterocycles. The van der Waals surface area contributed by atoms with Crippen LogP contribution in [0.5, 0.6) is 5.75 Å². The van der Waals surface area contributed by atoms with Crippen molar-refractivity contribution in [3.05, 3.63) is 34.5 Å². The molecule has 1 amide bonds. The summed E-state index contributed by atoms with van der Waals surface area (Å²) in [5.74, 6) is -1.59. The van der Waals surface area contributed by atoms with E-state index in [2.05, 4.69) is 14.8 Å². The largest absolute Gasteiger partial charge is 0.466 e. The Morgan fingerprint density at radius 3 is 2.80 bits per heavy atom. The van der Waals surface area contributed by atoms with Crippen LogP contribution in [0.3, 0.4) is 0 Å². The number of alkyl halides is 2. The quantitative estimate of drug-likeness (QED) is 0.703. The van der Waals surface area contributed by atoms with Crippen LogP contribution >= 0.6 is 11.6 Å². The summed E-state index contributed by atoms with van der Waals surface area (Å²) in [4.78, 5) is 25.5. The molecule has 0 saturated heterocycles. The summed E-state index contributed by atoms with van der Waals surface area (Å²) in [5, 5.41) is 11.8. The van der Waals surface area contributed by atoms with Gasteiger partial charge in [-0.1, -0.05) is 11.6 Å². The molecule has 25 heavy (non-hydrogen) atoms.